The van der Waals surface area contributed by atoms with E-state index < -0.39 is 0 Å². The van der Waals surface area contributed by atoms with Crippen molar-refractivity contribution in [3.63, 3.8) is 0 Å². The first-order chi connectivity index (χ1) is 5.18. The lowest BCUT2D eigenvalue weighted by Gasteiger charge is -2.08. The van der Waals surface area contributed by atoms with Gasteiger partial charge in [0.1, 0.15) is 0 Å². The second kappa shape index (κ2) is 3.69. The molecule has 1 rings (SSSR count). The SMILES string of the molecule is CN(C)Cc1cncc(Cl)c1. The van der Waals surface area contributed by atoms with Crippen molar-refractivity contribution >= 4 is 11.6 Å². The van der Waals surface area contributed by atoms with Crippen LogP contribution in [0.4, 0.5) is 0 Å². The smallest absolute Gasteiger partial charge is 0.0592 e. The van der Waals surface area contributed by atoms with Crippen molar-refractivity contribution in [3.05, 3.63) is 29.0 Å². The van der Waals surface area contributed by atoms with Crippen LogP contribution in [0.1, 0.15) is 5.56 Å². The van der Waals surface area contributed by atoms with Crippen LogP contribution < -0.4 is 0 Å². The summed E-state index contributed by atoms with van der Waals surface area (Å²) in [7, 11) is 4.03. The molecular weight excluding hydrogens is 160 g/mol. The molecule has 0 bridgehead atoms. The fourth-order valence-corrected chi connectivity index (χ4v) is 1.10. The maximum absolute atomic E-state index is 5.75. The summed E-state index contributed by atoms with van der Waals surface area (Å²) in [6.45, 7) is 0.882. The van der Waals surface area contributed by atoms with E-state index in [0.717, 1.165) is 12.1 Å². The Balaban J connectivity index is 2.71. The van der Waals surface area contributed by atoms with Crippen LogP contribution in [0.25, 0.3) is 0 Å². The molecule has 0 atom stereocenters. The maximum Gasteiger partial charge on any atom is 0.0592 e. The third-order valence-corrected chi connectivity index (χ3v) is 1.47. The summed E-state index contributed by atoms with van der Waals surface area (Å²) < 4.78 is 0. The predicted octanol–water partition coefficient (Wildman–Crippen LogP) is 1.80. The molecule has 1 aromatic rings. The first-order valence-corrected chi connectivity index (χ1v) is 3.80. The zero-order valence-corrected chi connectivity index (χ0v) is 7.47. The van der Waals surface area contributed by atoms with Gasteiger partial charge in [-0.3, -0.25) is 4.98 Å². The molecule has 0 amide bonds. The van der Waals surface area contributed by atoms with Gasteiger partial charge >= 0.3 is 0 Å². The van der Waals surface area contributed by atoms with Crippen LogP contribution in [0.15, 0.2) is 18.5 Å². The van der Waals surface area contributed by atoms with Crippen LogP contribution in [0.5, 0.6) is 0 Å². The van der Waals surface area contributed by atoms with Gasteiger partial charge in [-0.2, -0.15) is 0 Å². The third-order valence-electron chi connectivity index (χ3n) is 1.26. The van der Waals surface area contributed by atoms with E-state index in [4.69, 9.17) is 11.6 Å². The van der Waals surface area contributed by atoms with Crippen LogP contribution in [0.2, 0.25) is 5.02 Å². The van der Waals surface area contributed by atoms with Crippen molar-refractivity contribution < 1.29 is 0 Å². The van der Waals surface area contributed by atoms with Gasteiger partial charge < -0.3 is 4.90 Å². The molecule has 0 aliphatic carbocycles. The fraction of sp³-hybridized carbons (Fsp3) is 0.375. The van der Waals surface area contributed by atoms with Crippen molar-refractivity contribution in [2.24, 2.45) is 0 Å². The first-order valence-electron chi connectivity index (χ1n) is 3.42. The van der Waals surface area contributed by atoms with Gasteiger partial charge in [0.2, 0.25) is 0 Å². The lowest BCUT2D eigenvalue weighted by Crippen LogP contribution is -2.10. The molecule has 0 saturated heterocycles. The average molecular weight is 171 g/mol. The van der Waals surface area contributed by atoms with E-state index >= 15 is 0 Å². The molecule has 0 radical (unpaired) electrons. The Bertz CT molecular complexity index is 235. The number of nitrogens with zero attached hydrogens (tertiary/aromatic N) is 2. The molecular formula is C8H11ClN2. The van der Waals surface area contributed by atoms with Crippen LogP contribution >= 0.6 is 11.6 Å². The molecule has 0 fully saturated rings. The highest BCUT2D eigenvalue weighted by atomic mass is 35.5. The number of rotatable bonds is 2. The van der Waals surface area contributed by atoms with Crippen molar-refractivity contribution in [2.75, 3.05) is 14.1 Å². The highest BCUT2D eigenvalue weighted by molar-refractivity contribution is 6.30. The lowest BCUT2D eigenvalue weighted by atomic mass is 10.3. The van der Waals surface area contributed by atoms with Gasteiger partial charge in [-0.25, -0.2) is 0 Å². The second-order valence-corrected chi connectivity index (χ2v) is 3.19. The molecule has 1 heterocycles. The topological polar surface area (TPSA) is 16.1 Å². The van der Waals surface area contributed by atoms with Gasteiger partial charge in [0.25, 0.3) is 0 Å². The minimum Gasteiger partial charge on any atom is -0.305 e. The fourth-order valence-electron chi connectivity index (χ4n) is 0.907. The summed E-state index contributed by atoms with van der Waals surface area (Å²) in [6, 6.07) is 1.93. The summed E-state index contributed by atoms with van der Waals surface area (Å²) in [6.07, 6.45) is 3.46. The van der Waals surface area contributed by atoms with Gasteiger partial charge in [-0.15, -0.1) is 0 Å². The van der Waals surface area contributed by atoms with E-state index in [1.54, 1.807) is 6.20 Å². The van der Waals surface area contributed by atoms with Crippen LogP contribution in [0.3, 0.4) is 0 Å². The summed E-state index contributed by atoms with van der Waals surface area (Å²) in [5, 5.41) is 0.698. The number of halogens is 1. The molecule has 0 N–H and O–H groups in total. The summed E-state index contributed by atoms with van der Waals surface area (Å²) in [4.78, 5) is 6.06. The number of pyridine rings is 1. The van der Waals surface area contributed by atoms with Crippen LogP contribution in [-0.4, -0.2) is 24.0 Å². The minimum absolute atomic E-state index is 0.698. The van der Waals surface area contributed by atoms with E-state index in [0.29, 0.717) is 5.02 Å². The van der Waals surface area contributed by atoms with Gasteiger partial charge in [-0.1, -0.05) is 11.6 Å². The monoisotopic (exact) mass is 170 g/mol. The van der Waals surface area contributed by atoms with Crippen LogP contribution in [-0.2, 0) is 6.54 Å². The highest BCUT2D eigenvalue weighted by Gasteiger charge is 1.95. The van der Waals surface area contributed by atoms with Crippen LogP contribution in [0, 0.1) is 0 Å². The highest BCUT2D eigenvalue weighted by Crippen LogP contribution is 2.08. The van der Waals surface area contributed by atoms with Crippen molar-refractivity contribution in [3.8, 4) is 0 Å². The normalized spacial score (nSPS) is 10.5. The van der Waals surface area contributed by atoms with E-state index in [9.17, 15) is 0 Å². The molecule has 0 saturated carbocycles. The Kier molecular flexibility index (Phi) is 2.85. The Hall–Kier alpha value is -0.600. The Morgan fingerprint density at radius 2 is 2.18 bits per heavy atom. The zero-order chi connectivity index (χ0) is 8.27. The minimum atomic E-state index is 0.698. The lowest BCUT2D eigenvalue weighted by molar-refractivity contribution is 0.402. The second-order valence-electron chi connectivity index (χ2n) is 2.75. The zero-order valence-electron chi connectivity index (χ0n) is 6.71. The molecule has 0 spiro atoms. The third kappa shape index (κ3) is 2.87. The van der Waals surface area contributed by atoms with E-state index in [-0.39, 0.29) is 0 Å². The molecule has 1 aromatic heterocycles. The molecule has 60 valence electrons. The summed E-state index contributed by atoms with van der Waals surface area (Å²) >= 11 is 5.75. The van der Waals surface area contributed by atoms with Gasteiger partial charge in [0, 0.05) is 18.9 Å². The Morgan fingerprint density at radius 3 is 2.73 bits per heavy atom. The van der Waals surface area contributed by atoms with Crippen molar-refractivity contribution in [1.29, 1.82) is 0 Å². The Labute approximate surface area is 71.8 Å². The standard InChI is InChI=1S/C8H11ClN2/c1-11(2)6-7-3-8(9)5-10-4-7/h3-5H,6H2,1-2H3. The summed E-state index contributed by atoms with van der Waals surface area (Å²) in [5.41, 5.74) is 1.14. The molecule has 0 aromatic carbocycles. The molecule has 2 nitrogen and oxygen atoms in total. The van der Waals surface area contributed by atoms with Crippen molar-refractivity contribution in [1.82, 2.24) is 9.88 Å². The summed E-state index contributed by atoms with van der Waals surface area (Å²) in [5.74, 6) is 0. The average Bonchev–Trinajstić information content (AvgIpc) is 1.85. The molecule has 3 heteroatoms. The molecule has 0 unspecified atom stereocenters. The quantitative estimate of drug-likeness (QED) is 0.673. The largest absolute Gasteiger partial charge is 0.305 e. The number of hydrogen-bond acceptors (Lipinski definition) is 2. The van der Waals surface area contributed by atoms with E-state index in [1.165, 1.54) is 0 Å². The van der Waals surface area contributed by atoms with E-state index in [1.807, 2.05) is 26.4 Å². The van der Waals surface area contributed by atoms with E-state index in [2.05, 4.69) is 9.88 Å². The van der Waals surface area contributed by atoms with Crippen molar-refractivity contribution in [2.45, 2.75) is 6.54 Å². The Morgan fingerprint density at radius 1 is 1.45 bits per heavy atom. The van der Waals surface area contributed by atoms with Gasteiger partial charge in [0.15, 0.2) is 0 Å². The predicted molar refractivity (Wildman–Crippen MR) is 46.6 cm³/mol. The van der Waals surface area contributed by atoms with Gasteiger partial charge in [-0.05, 0) is 25.7 Å². The van der Waals surface area contributed by atoms with Gasteiger partial charge in [0.05, 0.1) is 5.02 Å². The number of hydrogen-bond donors (Lipinski definition) is 0. The molecule has 0 aliphatic heterocycles. The molecule has 11 heavy (non-hydrogen) atoms. The maximum atomic E-state index is 5.75. The molecule has 0 aliphatic rings. The number of aromatic nitrogens is 1. The first kappa shape index (κ1) is 8.50.